The van der Waals surface area contributed by atoms with Crippen LogP contribution in [0.4, 0.5) is 4.79 Å². The van der Waals surface area contributed by atoms with E-state index in [9.17, 15) is 14.7 Å². The number of piperidine rings is 1. The van der Waals surface area contributed by atoms with E-state index >= 15 is 0 Å². The second kappa shape index (κ2) is 21.1. The molecule has 8 nitrogen and oxygen atoms in total. The molecule has 3 aliphatic rings. The Bertz CT molecular complexity index is 652. The van der Waals surface area contributed by atoms with Gasteiger partial charge in [0, 0.05) is 38.8 Å². The highest BCUT2D eigenvalue weighted by Gasteiger charge is 2.39. The van der Waals surface area contributed by atoms with Crippen LogP contribution < -0.4 is 5.32 Å². The first-order valence-corrected chi connectivity index (χ1v) is 14.1. The maximum Gasteiger partial charge on any atom is 0.410 e. The van der Waals surface area contributed by atoms with Crippen molar-refractivity contribution in [3.63, 3.8) is 0 Å². The van der Waals surface area contributed by atoms with Gasteiger partial charge in [0.25, 0.3) is 6.47 Å². The van der Waals surface area contributed by atoms with E-state index in [1.165, 1.54) is 0 Å². The van der Waals surface area contributed by atoms with Crippen molar-refractivity contribution < 1.29 is 24.2 Å². The molecular weight excluding hydrogens is 470 g/mol. The summed E-state index contributed by atoms with van der Waals surface area (Å²) in [6.07, 6.45) is 10.1. The Morgan fingerprint density at radius 2 is 1.78 bits per heavy atom. The molecule has 0 aromatic rings. The molecule has 3 rings (SSSR count). The monoisotopic (exact) mass is 527 g/mol. The number of amides is 1. The molecule has 2 fully saturated rings. The number of carbonyl (C=O) groups is 2. The summed E-state index contributed by atoms with van der Waals surface area (Å²) in [5.41, 5.74) is 0.150. The van der Waals surface area contributed by atoms with E-state index in [0.29, 0.717) is 39.3 Å². The fraction of sp³-hybridized carbons (Fsp3) is 0.793. The third-order valence-electron chi connectivity index (χ3n) is 5.36. The fourth-order valence-corrected chi connectivity index (χ4v) is 3.87. The average Bonchev–Trinajstić information content (AvgIpc) is 2.89. The molecule has 0 saturated carbocycles. The van der Waals surface area contributed by atoms with E-state index in [1.807, 2.05) is 75.4 Å². The summed E-state index contributed by atoms with van der Waals surface area (Å²) in [4.78, 5) is 25.7. The van der Waals surface area contributed by atoms with E-state index in [1.54, 1.807) is 4.90 Å². The Kier molecular flexibility index (Phi) is 21.2. The van der Waals surface area contributed by atoms with E-state index < -0.39 is 5.60 Å². The van der Waals surface area contributed by atoms with Gasteiger partial charge in [-0.05, 0) is 59.1 Å². The Morgan fingerprint density at radius 1 is 1.16 bits per heavy atom. The van der Waals surface area contributed by atoms with Crippen molar-refractivity contribution in [2.45, 2.75) is 105 Å². The first-order chi connectivity index (χ1) is 17.6. The largest absolute Gasteiger partial charge is 0.462 e. The molecule has 1 atom stereocenters. The summed E-state index contributed by atoms with van der Waals surface area (Å²) in [5, 5.41) is 13.7. The average molecular weight is 528 g/mol. The van der Waals surface area contributed by atoms with Gasteiger partial charge in [-0.15, -0.1) is 0 Å². The summed E-state index contributed by atoms with van der Waals surface area (Å²) in [6, 6.07) is 0.232. The van der Waals surface area contributed by atoms with Gasteiger partial charge < -0.3 is 29.7 Å². The summed E-state index contributed by atoms with van der Waals surface area (Å²) < 4.78 is 9.99. The molecule has 2 N–H and O–H groups in total. The lowest BCUT2D eigenvalue weighted by molar-refractivity contribution is -0.138. The van der Waals surface area contributed by atoms with Gasteiger partial charge >= 0.3 is 6.09 Å². The van der Waals surface area contributed by atoms with Crippen molar-refractivity contribution >= 4 is 12.6 Å². The van der Waals surface area contributed by atoms with Gasteiger partial charge in [0.2, 0.25) is 0 Å². The van der Waals surface area contributed by atoms with Gasteiger partial charge in [0.15, 0.2) is 0 Å². The van der Waals surface area contributed by atoms with E-state index in [4.69, 9.17) is 4.74 Å². The topological polar surface area (TPSA) is 91.3 Å². The van der Waals surface area contributed by atoms with Gasteiger partial charge in [-0.3, -0.25) is 4.79 Å². The summed E-state index contributed by atoms with van der Waals surface area (Å²) in [5.74, 6) is 0. The van der Waals surface area contributed by atoms with Crippen LogP contribution in [0.5, 0.6) is 0 Å². The number of aliphatic hydroxyl groups is 1. The van der Waals surface area contributed by atoms with Crippen LogP contribution in [0, 0.1) is 0 Å². The molecule has 2 aliphatic heterocycles. The standard InChI is InChI=1S/C18H29N3O3.C5H10O2.3C2H6/c1-20-13-18(23,14-20)12-19-16-8-5-9-21(10-16)17(22)24-11-15-6-3-2-4-7-15;1-5(2,3)7-4-6;3*1-2/h3,6-7,16,19,23H,2,4-5,8-14H2,1H3;4H,1-3H3;3*1-2H3. The van der Waals surface area contributed by atoms with Crippen molar-refractivity contribution in [2.75, 3.05) is 46.4 Å². The van der Waals surface area contributed by atoms with E-state index in [2.05, 4.69) is 27.1 Å². The molecule has 37 heavy (non-hydrogen) atoms. The lowest BCUT2D eigenvalue weighted by Crippen LogP contribution is -2.65. The van der Waals surface area contributed by atoms with Crippen molar-refractivity contribution in [1.82, 2.24) is 15.1 Å². The highest BCUT2D eigenvalue weighted by Crippen LogP contribution is 2.19. The van der Waals surface area contributed by atoms with Crippen LogP contribution in [0.15, 0.2) is 23.8 Å². The second-order valence-corrected chi connectivity index (χ2v) is 9.70. The number of rotatable bonds is 6. The molecule has 0 aromatic carbocycles. The lowest BCUT2D eigenvalue weighted by atomic mass is 9.94. The SMILES string of the molecule is CC.CC.CC.CC(C)(C)OC=O.CN1CC(O)(CNC2CCCN(C(=O)OCC3=CCCC=C3)C2)C1. The molecule has 2 saturated heterocycles. The minimum atomic E-state index is -0.614. The smallest absolute Gasteiger partial charge is 0.410 e. The lowest BCUT2D eigenvalue weighted by Gasteiger charge is -2.45. The summed E-state index contributed by atoms with van der Waals surface area (Å²) in [7, 11) is 2.00. The maximum absolute atomic E-state index is 12.3. The molecule has 0 aromatic heterocycles. The van der Waals surface area contributed by atoms with Crippen LogP contribution >= 0.6 is 0 Å². The number of likely N-dealkylation sites (N-methyl/N-ethyl adjacent to an activating group) is 1. The molecule has 1 unspecified atom stereocenters. The first kappa shape index (κ1) is 37.3. The number of carbonyl (C=O) groups excluding carboxylic acids is 2. The highest BCUT2D eigenvalue weighted by atomic mass is 16.6. The van der Waals surface area contributed by atoms with Gasteiger partial charge in [0.05, 0.1) is 0 Å². The minimum Gasteiger partial charge on any atom is -0.462 e. The normalized spacial score (nSPS) is 19.8. The molecule has 1 amide bonds. The molecule has 8 heteroatoms. The first-order valence-electron chi connectivity index (χ1n) is 14.1. The Balaban J connectivity index is 0. The second-order valence-electron chi connectivity index (χ2n) is 9.70. The van der Waals surface area contributed by atoms with E-state index in [0.717, 1.165) is 37.8 Å². The molecule has 2 heterocycles. The molecule has 0 bridgehead atoms. The van der Waals surface area contributed by atoms with Crippen LogP contribution in [0.2, 0.25) is 0 Å². The Morgan fingerprint density at radius 3 is 2.24 bits per heavy atom. The third-order valence-corrected chi connectivity index (χ3v) is 5.36. The zero-order valence-electron chi connectivity index (χ0n) is 25.4. The number of allylic oxidation sites excluding steroid dienone is 2. The zero-order chi connectivity index (χ0) is 28.9. The molecular formula is C29H57N3O5. The van der Waals surface area contributed by atoms with Crippen LogP contribution in [0.1, 0.15) is 88.0 Å². The van der Waals surface area contributed by atoms with Crippen molar-refractivity contribution in [3.8, 4) is 0 Å². The zero-order valence-corrected chi connectivity index (χ0v) is 25.4. The van der Waals surface area contributed by atoms with Crippen molar-refractivity contribution in [3.05, 3.63) is 23.8 Å². The predicted octanol–water partition coefficient (Wildman–Crippen LogP) is 5.17. The number of likely N-dealkylation sites (tertiary alicyclic amines) is 2. The number of nitrogens with zero attached hydrogens (tertiary/aromatic N) is 2. The third kappa shape index (κ3) is 17.3. The molecule has 218 valence electrons. The van der Waals surface area contributed by atoms with Crippen LogP contribution in [0.3, 0.4) is 0 Å². The number of β-amino-alcohol motifs (C(OH)–C–C–N with tert-alkyl or cyclic N) is 1. The minimum absolute atomic E-state index is 0.232. The predicted molar refractivity (Wildman–Crippen MR) is 154 cm³/mol. The molecule has 1 aliphatic carbocycles. The molecule has 0 spiro atoms. The number of ether oxygens (including phenoxy) is 2. The fourth-order valence-electron chi connectivity index (χ4n) is 3.87. The number of nitrogens with one attached hydrogen (secondary N) is 1. The van der Waals surface area contributed by atoms with Crippen molar-refractivity contribution in [1.29, 1.82) is 0 Å². The summed E-state index contributed by atoms with van der Waals surface area (Å²) >= 11 is 0. The van der Waals surface area contributed by atoms with Crippen molar-refractivity contribution in [2.24, 2.45) is 0 Å². The van der Waals surface area contributed by atoms with Gasteiger partial charge in [-0.2, -0.15) is 0 Å². The molecule has 0 radical (unpaired) electrons. The Labute approximate surface area is 227 Å². The van der Waals surface area contributed by atoms with Crippen LogP contribution in [0.25, 0.3) is 0 Å². The van der Waals surface area contributed by atoms with Gasteiger partial charge in [0.1, 0.15) is 17.8 Å². The van der Waals surface area contributed by atoms with Gasteiger partial charge in [-0.1, -0.05) is 59.8 Å². The van der Waals surface area contributed by atoms with E-state index in [-0.39, 0.29) is 17.7 Å². The highest BCUT2D eigenvalue weighted by molar-refractivity contribution is 5.68. The van der Waals surface area contributed by atoms with Crippen LogP contribution in [-0.2, 0) is 14.3 Å². The maximum atomic E-state index is 12.3. The quantitative estimate of drug-likeness (QED) is 0.461. The Hall–Kier alpha value is -1.90. The summed E-state index contributed by atoms with van der Waals surface area (Å²) in [6.45, 7) is 21.7. The number of hydrogen-bond donors (Lipinski definition) is 2. The van der Waals surface area contributed by atoms with Crippen LogP contribution in [-0.4, -0.2) is 91.1 Å². The number of hydrogen-bond acceptors (Lipinski definition) is 7. The van der Waals surface area contributed by atoms with Gasteiger partial charge in [-0.25, -0.2) is 4.79 Å².